The number of pyridine rings is 1. The molecule has 0 atom stereocenters. The van der Waals surface area contributed by atoms with Crippen molar-refractivity contribution < 1.29 is 23.4 Å². The third-order valence-corrected chi connectivity index (χ3v) is 5.17. The number of rotatable bonds is 10. The molecule has 2 amide bonds. The van der Waals surface area contributed by atoms with Crippen molar-refractivity contribution >= 4 is 17.4 Å². The monoisotopic (exact) mass is 490 g/mol. The number of benzene rings is 2. The lowest BCUT2D eigenvalue weighted by Gasteiger charge is -2.10. The minimum Gasteiger partial charge on any atom is -0.457 e. The predicted molar refractivity (Wildman–Crippen MR) is 136 cm³/mol. The van der Waals surface area contributed by atoms with Gasteiger partial charge in [0.05, 0.1) is 36.9 Å². The normalized spacial score (nSPS) is 10.8. The number of nitrogens with one attached hydrogen (secondary N) is 3. The second-order valence-corrected chi connectivity index (χ2v) is 8.03. The maximum absolute atomic E-state index is 13.9. The van der Waals surface area contributed by atoms with Crippen molar-refractivity contribution in [3.8, 4) is 22.9 Å². The molecule has 4 rings (SSSR count). The van der Waals surface area contributed by atoms with Crippen LogP contribution in [0.2, 0.25) is 0 Å². The zero-order valence-electron chi connectivity index (χ0n) is 20.0. The minimum atomic E-state index is -0.540. The number of aryl methyl sites for hydroxylation is 1. The fourth-order valence-electron chi connectivity index (χ4n) is 3.39. The van der Waals surface area contributed by atoms with E-state index in [2.05, 4.69) is 20.6 Å². The highest BCUT2D eigenvalue weighted by atomic mass is 19.1. The van der Waals surface area contributed by atoms with Crippen LogP contribution in [0.15, 0.2) is 73.1 Å². The molecule has 0 aliphatic rings. The summed E-state index contributed by atoms with van der Waals surface area (Å²) in [5, 5.41) is 5.19. The van der Waals surface area contributed by atoms with Crippen LogP contribution in [-0.4, -0.2) is 36.3 Å². The van der Waals surface area contributed by atoms with Gasteiger partial charge in [-0.2, -0.15) is 0 Å². The van der Waals surface area contributed by atoms with Crippen molar-refractivity contribution in [2.24, 2.45) is 0 Å². The molecule has 36 heavy (non-hydrogen) atoms. The first kappa shape index (κ1) is 24.9. The number of urea groups is 1. The number of nitrogens with zero attached hydrogens (tertiary/aromatic N) is 1. The smallest absolute Gasteiger partial charge is 0.323 e. The second kappa shape index (κ2) is 12.0. The highest BCUT2D eigenvalue weighted by molar-refractivity contribution is 5.99. The van der Waals surface area contributed by atoms with Crippen LogP contribution in [0.1, 0.15) is 11.1 Å². The third-order valence-electron chi connectivity index (χ3n) is 5.17. The molecule has 0 fully saturated rings. The molecule has 0 radical (unpaired) electrons. The highest BCUT2D eigenvalue weighted by Crippen LogP contribution is 2.27. The van der Waals surface area contributed by atoms with Gasteiger partial charge in [-0.15, -0.1) is 0 Å². The average molecular weight is 491 g/mol. The van der Waals surface area contributed by atoms with Crippen LogP contribution in [0.3, 0.4) is 0 Å². The van der Waals surface area contributed by atoms with E-state index in [4.69, 9.17) is 14.2 Å². The number of methoxy groups -OCH3 is 1. The quantitative estimate of drug-likeness (QED) is 0.233. The van der Waals surface area contributed by atoms with E-state index in [9.17, 15) is 9.18 Å². The average Bonchev–Trinajstić information content (AvgIpc) is 3.35. The molecular formula is C27H27FN4O4. The Morgan fingerprint density at radius 2 is 1.83 bits per heavy atom. The van der Waals surface area contributed by atoms with Gasteiger partial charge in [0.1, 0.15) is 17.3 Å². The summed E-state index contributed by atoms with van der Waals surface area (Å²) in [4.78, 5) is 19.9. The summed E-state index contributed by atoms with van der Waals surface area (Å²) in [5.74, 6) is 0.699. The fourth-order valence-corrected chi connectivity index (χ4v) is 3.39. The second-order valence-electron chi connectivity index (χ2n) is 8.03. The SMILES string of the molecule is COCCOCc1c[nH]c(-c2cc(Oc3ccc(NC(=O)Nc4cc(C)ccc4F)cc3)ccn2)c1. The van der Waals surface area contributed by atoms with Crippen LogP contribution >= 0.6 is 0 Å². The van der Waals surface area contributed by atoms with E-state index in [1.54, 1.807) is 55.8 Å². The molecule has 0 saturated carbocycles. The molecule has 0 bridgehead atoms. The third kappa shape index (κ3) is 6.91. The zero-order valence-corrected chi connectivity index (χ0v) is 20.0. The van der Waals surface area contributed by atoms with Crippen LogP contribution in [0.4, 0.5) is 20.6 Å². The number of halogens is 1. The van der Waals surface area contributed by atoms with Gasteiger partial charge in [-0.25, -0.2) is 9.18 Å². The van der Waals surface area contributed by atoms with Gasteiger partial charge in [-0.05, 0) is 66.6 Å². The fraction of sp³-hybridized carbons (Fsp3) is 0.185. The van der Waals surface area contributed by atoms with E-state index >= 15 is 0 Å². The zero-order chi connectivity index (χ0) is 25.3. The molecule has 0 spiro atoms. The lowest BCUT2D eigenvalue weighted by atomic mass is 10.2. The van der Waals surface area contributed by atoms with Crippen LogP contribution in [0, 0.1) is 12.7 Å². The molecule has 2 aromatic carbocycles. The molecule has 0 aliphatic carbocycles. The Morgan fingerprint density at radius 3 is 2.64 bits per heavy atom. The standard InChI is InChI=1S/C27H27FN4O4/c1-18-3-8-23(28)24(13-18)32-27(33)31-20-4-6-21(7-5-20)36-22-9-10-29-26(15-22)25-14-19(16-30-25)17-35-12-11-34-2/h3-10,13-16,30H,11-12,17H2,1-2H3,(H2,31,32,33). The first-order valence-electron chi connectivity index (χ1n) is 11.3. The summed E-state index contributed by atoms with van der Waals surface area (Å²) < 4.78 is 30.3. The van der Waals surface area contributed by atoms with Crippen LogP contribution in [0.25, 0.3) is 11.4 Å². The van der Waals surface area contributed by atoms with E-state index in [0.29, 0.717) is 37.0 Å². The maximum Gasteiger partial charge on any atom is 0.323 e. The number of hydrogen-bond acceptors (Lipinski definition) is 5. The lowest BCUT2D eigenvalue weighted by Crippen LogP contribution is -2.20. The minimum absolute atomic E-state index is 0.119. The Balaban J connectivity index is 1.34. The molecule has 9 heteroatoms. The van der Waals surface area contributed by atoms with E-state index in [1.807, 2.05) is 25.3 Å². The summed E-state index contributed by atoms with van der Waals surface area (Å²) in [6.07, 6.45) is 3.55. The topological polar surface area (TPSA) is 97.5 Å². The van der Waals surface area contributed by atoms with Gasteiger partial charge < -0.3 is 29.8 Å². The number of anilines is 2. The first-order valence-corrected chi connectivity index (χ1v) is 11.3. The molecule has 0 saturated heterocycles. The Hall–Kier alpha value is -4.21. The van der Waals surface area contributed by atoms with Gasteiger partial charge in [0.15, 0.2) is 0 Å². The maximum atomic E-state index is 13.9. The van der Waals surface area contributed by atoms with Gasteiger partial charge in [0, 0.05) is 31.3 Å². The van der Waals surface area contributed by atoms with Crippen molar-refractivity contribution in [2.45, 2.75) is 13.5 Å². The largest absolute Gasteiger partial charge is 0.457 e. The van der Waals surface area contributed by atoms with Gasteiger partial charge in [-0.1, -0.05) is 6.07 Å². The number of aromatic amines is 1. The van der Waals surface area contributed by atoms with Crippen LogP contribution in [-0.2, 0) is 16.1 Å². The van der Waals surface area contributed by atoms with Gasteiger partial charge in [0.25, 0.3) is 0 Å². The lowest BCUT2D eigenvalue weighted by molar-refractivity contribution is 0.0617. The highest BCUT2D eigenvalue weighted by Gasteiger charge is 2.09. The molecule has 186 valence electrons. The number of aromatic nitrogens is 2. The van der Waals surface area contributed by atoms with Crippen molar-refractivity contribution in [1.29, 1.82) is 0 Å². The summed E-state index contributed by atoms with van der Waals surface area (Å²) in [7, 11) is 1.64. The molecule has 0 unspecified atom stereocenters. The Labute approximate surface area is 208 Å². The predicted octanol–water partition coefficient (Wildman–Crippen LogP) is 6.12. The number of H-pyrrole nitrogens is 1. The van der Waals surface area contributed by atoms with E-state index in [1.165, 1.54) is 6.07 Å². The molecule has 8 nitrogen and oxygen atoms in total. The van der Waals surface area contributed by atoms with Crippen molar-refractivity contribution in [3.63, 3.8) is 0 Å². The Bertz CT molecular complexity index is 1310. The summed E-state index contributed by atoms with van der Waals surface area (Å²) in [6.45, 7) is 3.39. The van der Waals surface area contributed by atoms with Gasteiger partial charge in [-0.3, -0.25) is 4.98 Å². The first-order chi connectivity index (χ1) is 17.5. The van der Waals surface area contributed by atoms with E-state index in [0.717, 1.165) is 22.5 Å². The van der Waals surface area contributed by atoms with Crippen LogP contribution < -0.4 is 15.4 Å². The van der Waals surface area contributed by atoms with Gasteiger partial charge in [0.2, 0.25) is 0 Å². The molecular weight excluding hydrogens is 463 g/mol. The van der Waals surface area contributed by atoms with Crippen molar-refractivity contribution in [1.82, 2.24) is 9.97 Å². The van der Waals surface area contributed by atoms with Crippen molar-refractivity contribution in [2.75, 3.05) is 31.0 Å². The van der Waals surface area contributed by atoms with E-state index in [-0.39, 0.29) is 5.69 Å². The summed E-state index contributed by atoms with van der Waals surface area (Å²) in [5.41, 5.74) is 4.08. The molecule has 3 N–H and O–H groups in total. The Morgan fingerprint density at radius 1 is 1.00 bits per heavy atom. The number of hydrogen-bond donors (Lipinski definition) is 3. The molecule has 2 heterocycles. The molecule has 2 aromatic heterocycles. The molecule has 4 aromatic rings. The Kier molecular flexibility index (Phi) is 8.28. The number of carbonyl (C=O) groups excluding carboxylic acids is 1. The van der Waals surface area contributed by atoms with Crippen molar-refractivity contribution in [3.05, 3.63) is 90.0 Å². The molecule has 0 aliphatic heterocycles. The number of amides is 2. The van der Waals surface area contributed by atoms with E-state index < -0.39 is 11.8 Å². The number of ether oxygens (including phenoxy) is 3. The summed E-state index contributed by atoms with van der Waals surface area (Å²) >= 11 is 0. The van der Waals surface area contributed by atoms with Crippen LogP contribution in [0.5, 0.6) is 11.5 Å². The van der Waals surface area contributed by atoms with Gasteiger partial charge >= 0.3 is 6.03 Å². The number of carbonyl (C=O) groups is 1. The summed E-state index contributed by atoms with van der Waals surface area (Å²) in [6, 6.07) is 16.4.